The van der Waals surface area contributed by atoms with Crippen LogP contribution in [0.15, 0.2) is 0 Å². The van der Waals surface area contributed by atoms with Gasteiger partial charge in [0.05, 0.1) is 6.10 Å². The second-order valence-electron chi connectivity index (χ2n) is 4.67. The summed E-state index contributed by atoms with van der Waals surface area (Å²) in [4.78, 5) is 11.2. The first-order chi connectivity index (χ1) is 9.85. The number of esters is 1. The van der Waals surface area contributed by atoms with E-state index in [1.165, 1.54) is 0 Å². The van der Waals surface area contributed by atoms with Gasteiger partial charge in [0.2, 0.25) is 0 Å². The molecule has 0 radical (unpaired) electrons. The molecule has 0 bridgehead atoms. The van der Waals surface area contributed by atoms with Crippen molar-refractivity contribution in [2.45, 2.75) is 49.3 Å². The zero-order valence-corrected chi connectivity index (χ0v) is 11.8. The molecule has 0 heterocycles. The van der Waals surface area contributed by atoms with E-state index in [2.05, 4.69) is 4.74 Å². The summed E-state index contributed by atoms with van der Waals surface area (Å²) in [7, 11) is -6.43. The molecular weight excluding hydrogens is 343 g/mol. The lowest BCUT2D eigenvalue weighted by molar-refractivity contribution is -0.260. The molecule has 0 aromatic carbocycles. The molecule has 1 rings (SSSR count). The molecule has 1 unspecified atom stereocenters. The Morgan fingerprint density at radius 1 is 1.18 bits per heavy atom. The normalized spacial score (nSPS) is 19.2. The molecule has 0 aromatic rings. The van der Waals surface area contributed by atoms with Gasteiger partial charge in [-0.1, -0.05) is 12.8 Å². The number of rotatable bonds is 6. The van der Waals surface area contributed by atoms with E-state index in [1.807, 2.05) is 0 Å². The molecule has 0 aromatic heterocycles. The summed E-state index contributed by atoms with van der Waals surface area (Å²) >= 11 is 0. The topological polar surface area (TPSA) is 89.9 Å². The number of hydrogen-bond donors (Lipinski definition) is 1. The molecule has 1 N–H and O–H groups in total. The van der Waals surface area contributed by atoms with Crippen LogP contribution < -0.4 is 0 Å². The van der Waals surface area contributed by atoms with Crippen LogP contribution in [0.5, 0.6) is 0 Å². The predicted octanol–water partition coefficient (Wildman–Crippen LogP) is 1.90. The third-order valence-corrected chi connectivity index (χ3v) is 3.84. The summed E-state index contributed by atoms with van der Waals surface area (Å²) in [6, 6.07) is 0. The van der Waals surface area contributed by atoms with Crippen molar-refractivity contribution in [3.8, 4) is 0 Å². The Kier molecular flexibility index (Phi) is 5.73. The summed E-state index contributed by atoms with van der Waals surface area (Å²) < 4.78 is 101. The Labute approximate surface area is 122 Å². The van der Waals surface area contributed by atoms with Crippen molar-refractivity contribution in [2.24, 2.45) is 0 Å². The molecule has 1 atom stereocenters. The van der Waals surface area contributed by atoms with Crippen LogP contribution in [0.4, 0.5) is 22.0 Å². The van der Waals surface area contributed by atoms with Gasteiger partial charge >= 0.3 is 27.5 Å². The van der Waals surface area contributed by atoms with Gasteiger partial charge in [0, 0.05) is 0 Å². The maximum atomic E-state index is 13.1. The van der Waals surface area contributed by atoms with Gasteiger partial charge in [-0.05, 0) is 12.8 Å². The minimum absolute atomic E-state index is 0.390. The van der Waals surface area contributed by atoms with E-state index in [9.17, 15) is 35.2 Å². The van der Waals surface area contributed by atoms with Crippen molar-refractivity contribution in [3.05, 3.63) is 0 Å². The van der Waals surface area contributed by atoms with E-state index < -0.39 is 40.2 Å². The molecule has 22 heavy (non-hydrogen) atoms. The summed E-state index contributed by atoms with van der Waals surface area (Å²) in [5.41, 5.74) is 0. The fraction of sp³-hybridized carbons (Fsp3) is 0.900. The number of carbonyl (C=O) groups excluding carboxylic acids is 1. The van der Waals surface area contributed by atoms with Crippen LogP contribution in [0, 0.1) is 0 Å². The zero-order chi connectivity index (χ0) is 17.2. The minimum atomic E-state index is -6.43. The maximum absolute atomic E-state index is 13.1. The van der Waals surface area contributed by atoms with E-state index in [0.29, 0.717) is 12.8 Å². The number of ether oxygens (including phenoxy) is 2. The fourth-order valence-corrected chi connectivity index (χ4v) is 2.32. The molecule has 130 valence electrons. The van der Waals surface area contributed by atoms with Gasteiger partial charge in [-0.15, -0.1) is 0 Å². The minimum Gasteiger partial charge on any atom is -0.443 e. The van der Waals surface area contributed by atoms with Crippen molar-refractivity contribution in [2.75, 3.05) is 6.61 Å². The fourth-order valence-electron chi connectivity index (χ4n) is 1.87. The molecule has 1 saturated carbocycles. The first-order valence-corrected chi connectivity index (χ1v) is 7.52. The Hall–Kier alpha value is -1.01. The SMILES string of the molecule is O=C(COC1CCCC1)OC(C(F)(F)F)C(F)(F)S(=O)(=O)O. The second kappa shape index (κ2) is 6.62. The highest BCUT2D eigenvalue weighted by molar-refractivity contribution is 7.86. The van der Waals surface area contributed by atoms with E-state index >= 15 is 0 Å². The average Bonchev–Trinajstić information content (AvgIpc) is 2.83. The average molecular weight is 356 g/mol. The summed E-state index contributed by atoms with van der Waals surface area (Å²) in [6.07, 6.45) is -7.89. The lowest BCUT2D eigenvalue weighted by Gasteiger charge is -2.26. The monoisotopic (exact) mass is 356 g/mol. The Bertz CT molecular complexity index is 496. The Morgan fingerprint density at radius 2 is 1.68 bits per heavy atom. The first-order valence-electron chi connectivity index (χ1n) is 6.08. The summed E-state index contributed by atoms with van der Waals surface area (Å²) in [5, 5.41) is -5.73. The van der Waals surface area contributed by atoms with Crippen LogP contribution in [0.1, 0.15) is 25.7 Å². The highest BCUT2D eigenvalue weighted by atomic mass is 32.2. The third kappa shape index (κ3) is 4.74. The quantitative estimate of drug-likeness (QED) is 0.444. The van der Waals surface area contributed by atoms with Crippen LogP contribution in [0.3, 0.4) is 0 Å². The van der Waals surface area contributed by atoms with Crippen molar-refractivity contribution >= 4 is 16.1 Å². The number of hydrogen-bond acceptors (Lipinski definition) is 5. The van der Waals surface area contributed by atoms with Gasteiger partial charge in [-0.25, -0.2) is 4.79 Å². The van der Waals surface area contributed by atoms with Crippen LogP contribution in [0.25, 0.3) is 0 Å². The lowest BCUT2D eigenvalue weighted by atomic mass is 10.3. The number of carbonyl (C=O) groups is 1. The van der Waals surface area contributed by atoms with Gasteiger partial charge in [-0.2, -0.15) is 30.4 Å². The van der Waals surface area contributed by atoms with E-state index in [-0.39, 0.29) is 6.10 Å². The van der Waals surface area contributed by atoms with Gasteiger partial charge < -0.3 is 9.47 Å². The standard InChI is InChI=1S/C10H13F5O6S/c11-9(12,13)8(10(14,15)22(17,18)19)21-7(16)5-20-6-3-1-2-4-6/h6,8H,1-5H2,(H,17,18,19). The molecular formula is C10H13F5O6S. The lowest BCUT2D eigenvalue weighted by Crippen LogP contribution is -2.52. The maximum Gasteiger partial charge on any atom is 0.432 e. The zero-order valence-electron chi connectivity index (χ0n) is 11.0. The molecule has 1 fully saturated rings. The van der Waals surface area contributed by atoms with Gasteiger partial charge in [0.1, 0.15) is 6.61 Å². The van der Waals surface area contributed by atoms with Crippen LogP contribution in [-0.2, 0) is 24.4 Å². The second-order valence-corrected chi connectivity index (χ2v) is 6.16. The van der Waals surface area contributed by atoms with E-state index in [1.54, 1.807) is 0 Å². The van der Waals surface area contributed by atoms with Crippen LogP contribution in [-0.4, -0.2) is 49.2 Å². The Balaban J connectivity index is 2.75. The van der Waals surface area contributed by atoms with Crippen LogP contribution in [0.2, 0.25) is 0 Å². The highest BCUT2D eigenvalue weighted by Gasteiger charge is 2.66. The number of halogens is 5. The van der Waals surface area contributed by atoms with Gasteiger partial charge in [-0.3, -0.25) is 4.55 Å². The highest BCUT2D eigenvalue weighted by Crippen LogP contribution is 2.38. The van der Waals surface area contributed by atoms with Crippen molar-refractivity contribution in [1.29, 1.82) is 0 Å². The third-order valence-electron chi connectivity index (χ3n) is 2.93. The van der Waals surface area contributed by atoms with E-state index in [4.69, 9.17) is 9.29 Å². The molecule has 1 aliphatic carbocycles. The predicted molar refractivity (Wildman–Crippen MR) is 60.6 cm³/mol. The summed E-state index contributed by atoms with van der Waals surface area (Å²) in [6.45, 7) is -1.03. The molecule has 1 aliphatic rings. The van der Waals surface area contributed by atoms with Crippen molar-refractivity contribution < 1.29 is 49.2 Å². The first kappa shape index (κ1) is 19.0. The van der Waals surface area contributed by atoms with Gasteiger partial charge in [0.25, 0.3) is 6.10 Å². The smallest absolute Gasteiger partial charge is 0.432 e. The number of alkyl halides is 5. The van der Waals surface area contributed by atoms with Crippen LogP contribution >= 0.6 is 0 Å². The van der Waals surface area contributed by atoms with Gasteiger partial charge in [0.15, 0.2) is 0 Å². The summed E-state index contributed by atoms with van der Waals surface area (Å²) in [5.74, 6) is -1.81. The molecule has 0 saturated heterocycles. The molecule has 6 nitrogen and oxygen atoms in total. The molecule has 0 amide bonds. The molecule has 12 heteroatoms. The Morgan fingerprint density at radius 3 is 2.09 bits per heavy atom. The van der Waals surface area contributed by atoms with Crippen molar-refractivity contribution in [3.63, 3.8) is 0 Å². The van der Waals surface area contributed by atoms with Crippen molar-refractivity contribution in [1.82, 2.24) is 0 Å². The largest absolute Gasteiger partial charge is 0.443 e. The molecule has 0 aliphatic heterocycles. The van der Waals surface area contributed by atoms with E-state index in [0.717, 1.165) is 12.8 Å². The molecule has 0 spiro atoms.